The zero-order chi connectivity index (χ0) is 20.4. The number of rotatable bonds is 11. The molecule has 1 amide bonds. The summed E-state index contributed by atoms with van der Waals surface area (Å²) in [4.78, 5) is 11.5. The van der Waals surface area contributed by atoms with Crippen LogP contribution in [0.4, 0.5) is 0 Å². The number of benzene rings is 2. The number of ether oxygens (including phenoxy) is 1. The van der Waals surface area contributed by atoms with E-state index in [-0.39, 0.29) is 11.9 Å². The minimum Gasteiger partial charge on any atom is -0.489 e. The van der Waals surface area contributed by atoms with Crippen molar-refractivity contribution in [1.29, 1.82) is 0 Å². The Morgan fingerprint density at radius 1 is 1.00 bits per heavy atom. The van der Waals surface area contributed by atoms with Gasteiger partial charge in [0.15, 0.2) is 0 Å². The van der Waals surface area contributed by atoms with Gasteiger partial charge in [0.25, 0.3) is 0 Å². The molecule has 0 bridgehead atoms. The minimum absolute atomic E-state index is 0.143. The molecule has 0 aromatic heterocycles. The quantitative estimate of drug-likeness (QED) is 0.557. The number of aliphatic hydroxyl groups excluding tert-OH is 1. The van der Waals surface area contributed by atoms with Gasteiger partial charge in [0.2, 0.25) is 5.91 Å². The number of carbonyl (C=O) groups is 1. The molecular weight excluding hydrogens is 352 g/mol. The van der Waals surface area contributed by atoms with Crippen LogP contribution in [0.3, 0.4) is 0 Å². The Labute approximate surface area is 168 Å². The summed E-state index contributed by atoms with van der Waals surface area (Å²) in [5.41, 5.74) is 2.16. The van der Waals surface area contributed by atoms with Gasteiger partial charge in [-0.05, 0) is 42.1 Å². The standard InChI is InChI=1S/C23H32N2O3/c1-17(2)14-24-15-23(27)22(25-18(3)26)13-19-9-11-21(12-10-19)28-16-20-7-5-4-6-8-20/h4-12,17,22-24,27H,13-16H2,1-3H3,(H,25,26)/t22-,23+/m0/s1. The molecule has 0 saturated carbocycles. The van der Waals surface area contributed by atoms with Crippen molar-refractivity contribution in [3.63, 3.8) is 0 Å². The Morgan fingerprint density at radius 3 is 2.29 bits per heavy atom. The maximum Gasteiger partial charge on any atom is 0.217 e. The summed E-state index contributed by atoms with van der Waals surface area (Å²) in [6.45, 7) is 7.51. The van der Waals surface area contributed by atoms with Crippen LogP contribution >= 0.6 is 0 Å². The minimum atomic E-state index is -0.656. The number of hydrogen-bond donors (Lipinski definition) is 3. The first-order valence-corrected chi connectivity index (χ1v) is 9.85. The predicted octanol–water partition coefficient (Wildman–Crippen LogP) is 2.92. The first-order chi connectivity index (χ1) is 13.4. The average molecular weight is 385 g/mol. The van der Waals surface area contributed by atoms with E-state index < -0.39 is 6.10 Å². The fourth-order valence-electron chi connectivity index (χ4n) is 2.92. The molecule has 152 valence electrons. The van der Waals surface area contributed by atoms with Crippen molar-refractivity contribution in [3.8, 4) is 5.75 Å². The van der Waals surface area contributed by atoms with Crippen LogP contribution in [0.2, 0.25) is 0 Å². The topological polar surface area (TPSA) is 70.6 Å². The second-order valence-electron chi connectivity index (χ2n) is 7.55. The Hall–Kier alpha value is -2.37. The van der Waals surface area contributed by atoms with Gasteiger partial charge in [-0.2, -0.15) is 0 Å². The molecule has 3 N–H and O–H groups in total. The summed E-state index contributed by atoms with van der Waals surface area (Å²) < 4.78 is 5.81. The van der Waals surface area contributed by atoms with Crippen LogP contribution in [0.5, 0.6) is 5.75 Å². The van der Waals surface area contributed by atoms with E-state index >= 15 is 0 Å². The van der Waals surface area contributed by atoms with E-state index in [9.17, 15) is 9.90 Å². The maximum atomic E-state index is 11.5. The lowest BCUT2D eigenvalue weighted by Gasteiger charge is -2.24. The number of hydrogen-bond acceptors (Lipinski definition) is 4. The van der Waals surface area contributed by atoms with Crippen LogP contribution in [0, 0.1) is 5.92 Å². The van der Waals surface area contributed by atoms with Crippen LogP contribution in [-0.4, -0.2) is 36.2 Å². The molecule has 0 unspecified atom stereocenters. The SMILES string of the molecule is CC(=O)N[C@@H](Cc1ccc(OCc2ccccc2)cc1)[C@H](O)CNCC(C)C. The average Bonchev–Trinajstić information content (AvgIpc) is 2.67. The van der Waals surface area contributed by atoms with Gasteiger partial charge in [-0.1, -0.05) is 56.3 Å². The summed E-state index contributed by atoms with van der Waals surface area (Å²) in [7, 11) is 0. The molecule has 5 nitrogen and oxygen atoms in total. The van der Waals surface area contributed by atoms with E-state index in [1.165, 1.54) is 6.92 Å². The molecule has 0 aliphatic heterocycles. The lowest BCUT2D eigenvalue weighted by Crippen LogP contribution is -2.48. The third kappa shape index (κ3) is 8.11. The van der Waals surface area contributed by atoms with Crippen LogP contribution in [0.25, 0.3) is 0 Å². The highest BCUT2D eigenvalue weighted by molar-refractivity contribution is 5.73. The largest absolute Gasteiger partial charge is 0.489 e. The van der Waals surface area contributed by atoms with Gasteiger partial charge in [0.1, 0.15) is 12.4 Å². The molecule has 0 fully saturated rings. The molecule has 0 aliphatic carbocycles. The number of nitrogens with one attached hydrogen (secondary N) is 2. The molecule has 2 aromatic carbocycles. The molecule has 0 aliphatic rings. The second-order valence-corrected chi connectivity index (χ2v) is 7.55. The van der Waals surface area contributed by atoms with Crippen molar-refractivity contribution in [3.05, 3.63) is 65.7 Å². The second kappa shape index (κ2) is 11.5. The Morgan fingerprint density at radius 2 is 1.68 bits per heavy atom. The fourth-order valence-corrected chi connectivity index (χ4v) is 2.92. The molecular formula is C23H32N2O3. The Kier molecular flexibility index (Phi) is 8.98. The molecule has 2 atom stereocenters. The van der Waals surface area contributed by atoms with Crippen molar-refractivity contribution in [1.82, 2.24) is 10.6 Å². The number of amides is 1. The molecule has 2 aromatic rings. The van der Waals surface area contributed by atoms with Gasteiger partial charge in [0, 0.05) is 13.5 Å². The summed E-state index contributed by atoms with van der Waals surface area (Å²) in [5, 5.41) is 16.6. The Balaban J connectivity index is 1.90. The summed E-state index contributed by atoms with van der Waals surface area (Å²) >= 11 is 0. The van der Waals surface area contributed by atoms with E-state index in [2.05, 4.69) is 24.5 Å². The van der Waals surface area contributed by atoms with Crippen LogP contribution in [0.15, 0.2) is 54.6 Å². The fraction of sp³-hybridized carbons (Fsp3) is 0.435. The van der Waals surface area contributed by atoms with Crippen molar-refractivity contribution in [2.45, 2.75) is 45.9 Å². The van der Waals surface area contributed by atoms with Crippen molar-refractivity contribution < 1.29 is 14.6 Å². The summed E-state index contributed by atoms with van der Waals surface area (Å²) in [6, 6.07) is 17.5. The Bertz CT molecular complexity index is 702. The zero-order valence-corrected chi connectivity index (χ0v) is 17.0. The first kappa shape index (κ1) is 21.9. The van der Waals surface area contributed by atoms with Gasteiger partial charge in [-0.15, -0.1) is 0 Å². The molecule has 5 heteroatoms. The third-order valence-electron chi connectivity index (χ3n) is 4.39. The summed E-state index contributed by atoms with van der Waals surface area (Å²) in [5.74, 6) is 1.16. The van der Waals surface area contributed by atoms with E-state index in [4.69, 9.17) is 4.74 Å². The van der Waals surface area contributed by atoms with Crippen molar-refractivity contribution in [2.75, 3.05) is 13.1 Å². The van der Waals surface area contributed by atoms with E-state index in [1.807, 2.05) is 54.6 Å². The third-order valence-corrected chi connectivity index (χ3v) is 4.39. The first-order valence-electron chi connectivity index (χ1n) is 9.85. The van der Waals surface area contributed by atoms with Gasteiger partial charge in [-0.3, -0.25) is 4.79 Å². The van der Waals surface area contributed by atoms with Crippen LogP contribution in [0.1, 0.15) is 31.9 Å². The summed E-state index contributed by atoms with van der Waals surface area (Å²) in [6.07, 6.45) is -0.0973. The highest BCUT2D eigenvalue weighted by Crippen LogP contribution is 2.16. The molecule has 28 heavy (non-hydrogen) atoms. The van der Waals surface area contributed by atoms with Crippen molar-refractivity contribution >= 4 is 5.91 Å². The molecule has 0 spiro atoms. The maximum absolute atomic E-state index is 11.5. The number of aliphatic hydroxyl groups is 1. The van der Waals surface area contributed by atoms with Crippen LogP contribution < -0.4 is 15.4 Å². The molecule has 0 saturated heterocycles. The zero-order valence-electron chi connectivity index (χ0n) is 17.0. The van der Waals surface area contributed by atoms with Gasteiger partial charge in [0.05, 0.1) is 12.1 Å². The van der Waals surface area contributed by atoms with Gasteiger partial charge < -0.3 is 20.5 Å². The van der Waals surface area contributed by atoms with Gasteiger partial charge in [-0.25, -0.2) is 0 Å². The molecule has 2 rings (SSSR count). The van der Waals surface area contributed by atoms with E-state index in [0.717, 1.165) is 23.4 Å². The molecule has 0 heterocycles. The van der Waals surface area contributed by atoms with Crippen LogP contribution in [-0.2, 0) is 17.8 Å². The predicted molar refractivity (Wildman–Crippen MR) is 112 cm³/mol. The van der Waals surface area contributed by atoms with Gasteiger partial charge >= 0.3 is 0 Å². The van der Waals surface area contributed by atoms with E-state index in [1.54, 1.807) is 0 Å². The monoisotopic (exact) mass is 384 g/mol. The lowest BCUT2D eigenvalue weighted by molar-refractivity contribution is -0.120. The smallest absolute Gasteiger partial charge is 0.217 e. The van der Waals surface area contributed by atoms with E-state index in [0.29, 0.717) is 25.5 Å². The lowest BCUT2D eigenvalue weighted by atomic mass is 10.0. The normalized spacial score (nSPS) is 13.2. The highest BCUT2D eigenvalue weighted by Gasteiger charge is 2.20. The molecule has 0 radical (unpaired) electrons. The van der Waals surface area contributed by atoms with Crippen molar-refractivity contribution in [2.24, 2.45) is 5.92 Å². The number of carbonyl (C=O) groups excluding carboxylic acids is 1. The highest BCUT2D eigenvalue weighted by atomic mass is 16.5.